The molecule has 2 aromatic rings. The first-order chi connectivity index (χ1) is 9.97. The molecular formula is C17H23BrN2O. The molecular weight excluding hydrogens is 328 g/mol. The second kappa shape index (κ2) is 7.14. The van der Waals surface area contributed by atoms with Gasteiger partial charge in [-0.15, -0.1) is 0 Å². The summed E-state index contributed by atoms with van der Waals surface area (Å²) in [6.07, 6.45) is 1.75. The summed E-state index contributed by atoms with van der Waals surface area (Å²) in [5.41, 5.74) is 3.76. The number of nitrogens with zero attached hydrogens (tertiary/aromatic N) is 1. The summed E-state index contributed by atoms with van der Waals surface area (Å²) in [6, 6.07) is 8.96. The van der Waals surface area contributed by atoms with Gasteiger partial charge in [-0.05, 0) is 30.7 Å². The second-order valence-electron chi connectivity index (χ2n) is 5.67. The van der Waals surface area contributed by atoms with E-state index in [2.05, 4.69) is 65.2 Å². The molecule has 21 heavy (non-hydrogen) atoms. The van der Waals surface area contributed by atoms with Crippen LogP contribution in [0.15, 0.2) is 39.4 Å². The smallest absolute Gasteiger partial charge is 0.105 e. The number of anilines is 1. The third-order valence-corrected chi connectivity index (χ3v) is 4.03. The summed E-state index contributed by atoms with van der Waals surface area (Å²) >= 11 is 3.57. The highest BCUT2D eigenvalue weighted by atomic mass is 79.9. The third-order valence-electron chi connectivity index (χ3n) is 3.53. The van der Waals surface area contributed by atoms with Gasteiger partial charge in [0.2, 0.25) is 0 Å². The van der Waals surface area contributed by atoms with Gasteiger partial charge in [0.15, 0.2) is 0 Å². The minimum atomic E-state index is 0.475. The van der Waals surface area contributed by atoms with Crippen LogP contribution in [-0.2, 0) is 13.1 Å². The quantitative estimate of drug-likeness (QED) is 0.832. The van der Waals surface area contributed by atoms with Gasteiger partial charge >= 0.3 is 0 Å². The minimum Gasteiger partial charge on any atom is -0.469 e. The average molecular weight is 351 g/mol. The van der Waals surface area contributed by atoms with Gasteiger partial charge in [-0.25, -0.2) is 0 Å². The number of hydrogen-bond acceptors (Lipinski definition) is 3. The van der Waals surface area contributed by atoms with Crippen LogP contribution >= 0.6 is 15.9 Å². The predicted molar refractivity (Wildman–Crippen MR) is 91.7 cm³/mol. The SMILES string of the molecule is Cc1occc1CN(C)c1cc(Br)ccc1CNC(C)C. The maximum Gasteiger partial charge on any atom is 0.105 e. The first kappa shape index (κ1) is 16.1. The Hall–Kier alpha value is -1.26. The van der Waals surface area contributed by atoms with E-state index in [-0.39, 0.29) is 0 Å². The van der Waals surface area contributed by atoms with E-state index in [0.717, 1.165) is 23.3 Å². The number of nitrogens with one attached hydrogen (secondary N) is 1. The van der Waals surface area contributed by atoms with Crippen LogP contribution in [0.5, 0.6) is 0 Å². The normalized spacial score (nSPS) is 11.1. The molecule has 0 fully saturated rings. The molecule has 0 atom stereocenters. The van der Waals surface area contributed by atoms with E-state index < -0.39 is 0 Å². The highest BCUT2D eigenvalue weighted by Crippen LogP contribution is 2.26. The van der Waals surface area contributed by atoms with Crippen molar-refractivity contribution in [3.05, 3.63) is 51.9 Å². The molecule has 1 aromatic carbocycles. The molecule has 0 radical (unpaired) electrons. The summed E-state index contributed by atoms with van der Waals surface area (Å²) in [5, 5.41) is 3.49. The molecule has 0 amide bonds. The van der Waals surface area contributed by atoms with Gasteiger partial charge < -0.3 is 14.6 Å². The Labute approximate surface area is 135 Å². The van der Waals surface area contributed by atoms with Crippen molar-refractivity contribution in [3.8, 4) is 0 Å². The predicted octanol–water partition coefficient (Wildman–Crippen LogP) is 4.48. The van der Waals surface area contributed by atoms with E-state index in [1.807, 2.05) is 13.0 Å². The third kappa shape index (κ3) is 4.35. The Bertz CT molecular complexity index is 592. The van der Waals surface area contributed by atoms with Gasteiger partial charge in [0.1, 0.15) is 5.76 Å². The summed E-state index contributed by atoms with van der Waals surface area (Å²) in [4.78, 5) is 2.26. The van der Waals surface area contributed by atoms with Crippen molar-refractivity contribution >= 4 is 21.6 Å². The van der Waals surface area contributed by atoms with Crippen LogP contribution in [0, 0.1) is 6.92 Å². The fourth-order valence-corrected chi connectivity index (χ4v) is 2.62. The Morgan fingerprint density at radius 3 is 2.62 bits per heavy atom. The van der Waals surface area contributed by atoms with Gasteiger partial charge in [-0.3, -0.25) is 0 Å². The largest absolute Gasteiger partial charge is 0.469 e. The van der Waals surface area contributed by atoms with E-state index in [1.54, 1.807) is 6.26 Å². The lowest BCUT2D eigenvalue weighted by atomic mass is 10.1. The van der Waals surface area contributed by atoms with Gasteiger partial charge in [0.05, 0.1) is 6.26 Å². The lowest BCUT2D eigenvalue weighted by molar-refractivity contribution is 0.529. The molecule has 4 heteroatoms. The summed E-state index contributed by atoms with van der Waals surface area (Å²) in [5.74, 6) is 0.985. The van der Waals surface area contributed by atoms with Crippen molar-refractivity contribution in [2.45, 2.75) is 39.9 Å². The van der Waals surface area contributed by atoms with Crippen molar-refractivity contribution < 1.29 is 4.42 Å². The van der Waals surface area contributed by atoms with Crippen molar-refractivity contribution in [2.24, 2.45) is 0 Å². The van der Waals surface area contributed by atoms with Crippen LogP contribution in [0.4, 0.5) is 5.69 Å². The molecule has 1 N–H and O–H groups in total. The Morgan fingerprint density at radius 2 is 2.00 bits per heavy atom. The number of halogens is 1. The van der Waals surface area contributed by atoms with E-state index in [9.17, 15) is 0 Å². The highest BCUT2D eigenvalue weighted by Gasteiger charge is 2.11. The van der Waals surface area contributed by atoms with Crippen LogP contribution < -0.4 is 10.2 Å². The van der Waals surface area contributed by atoms with Crippen LogP contribution in [0.1, 0.15) is 30.7 Å². The Morgan fingerprint density at radius 1 is 1.24 bits per heavy atom. The molecule has 1 heterocycles. The van der Waals surface area contributed by atoms with E-state index in [0.29, 0.717) is 6.04 Å². The van der Waals surface area contributed by atoms with Crippen LogP contribution in [0.2, 0.25) is 0 Å². The molecule has 0 unspecified atom stereocenters. The monoisotopic (exact) mass is 350 g/mol. The molecule has 1 aromatic heterocycles. The first-order valence-electron chi connectivity index (χ1n) is 7.23. The summed E-state index contributed by atoms with van der Waals surface area (Å²) in [7, 11) is 2.12. The molecule has 2 rings (SSSR count). The second-order valence-corrected chi connectivity index (χ2v) is 6.58. The van der Waals surface area contributed by atoms with Crippen LogP contribution in [-0.4, -0.2) is 13.1 Å². The maximum atomic E-state index is 5.39. The zero-order valence-corrected chi connectivity index (χ0v) is 14.7. The zero-order chi connectivity index (χ0) is 15.4. The number of aryl methyl sites for hydroxylation is 1. The molecule has 0 spiro atoms. The van der Waals surface area contributed by atoms with Crippen molar-refractivity contribution in [3.63, 3.8) is 0 Å². The lowest BCUT2D eigenvalue weighted by Gasteiger charge is -2.23. The standard InChI is InChI=1S/C17H23BrN2O/c1-12(2)19-10-14-5-6-16(18)9-17(14)20(4)11-15-7-8-21-13(15)3/h5-9,12,19H,10-11H2,1-4H3. The zero-order valence-electron chi connectivity index (χ0n) is 13.1. The highest BCUT2D eigenvalue weighted by molar-refractivity contribution is 9.10. The molecule has 3 nitrogen and oxygen atoms in total. The van der Waals surface area contributed by atoms with E-state index in [1.165, 1.54) is 16.8 Å². The summed E-state index contributed by atoms with van der Waals surface area (Å²) in [6.45, 7) is 8.04. The fraction of sp³-hybridized carbons (Fsp3) is 0.412. The molecule has 0 aliphatic rings. The van der Waals surface area contributed by atoms with E-state index in [4.69, 9.17) is 4.42 Å². The summed E-state index contributed by atoms with van der Waals surface area (Å²) < 4.78 is 6.48. The number of furan rings is 1. The molecule has 0 aliphatic heterocycles. The van der Waals surface area contributed by atoms with Gasteiger partial charge in [0, 0.05) is 41.9 Å². The molecule has 0 saturated carbocycles. The van der Waals surface area contributed by atoms with Crippen molar-refractivity contribution in [2.75, 3.05) is 11.9 Å². The maximum absolute atomic E-state index is 5.39. The van der Waals surface area contributed by atoms with Crippen LogP contribution in [0.25, 0.3) is 0 Å². The molecule has 0 bridgehead atoms. The average Bonchev–Trinajstić information content (AvgIpc) is 2.82. The Balaban J connectivity index is 2.20. The number of rotatable bonds is 6. The van der Waals surface area contributed by atoms with Gasteiger partial charge in [-0.1, -0.05) is 35.8 Å². The van der Waals surface area contributed by atoms with Crippen molar-refractivity contribution in [1.29, 1.82) is 0 Å². The lowest BCUT2D eigenvalue weighted by Crippen LogP contribution is -2.24. The van der Waals surface area contributed by atoms with Gasteiger partial charge in [-0.2, -0.15) is 0 Å². The van der Waals surface area contributed by atoms with E-state index >= 15 is 0 Å². The van der Waals surface area contributed by atoms with Crippen molar-refractivity contribution in [1.82, 2.24) is 5.32 Å². The fourth-order valence-electron chi connectivity index (χ4n) is 2.27. The Kier molecular flexibility index (Phi) is 5.48. The van der Waals surface area contributed by atoms with Crippen LogP contribution in [0.3, 0.4) is 0 Å². The van der Waals surface area contributed by atoms with Gasteiger partial charge in [0.25, 0.3) is 0 Å². The topological polar surface area (TPSA) is 28.4 Å². The number of hydrogen-bond donors (Lipinski definition) is 1. The molecule has 0 aliphatic carbocycles. The molecule has 0 saturated heterocycles. The molecule has 114 valence electrons. The first-order valence-corrected chi connectivity index (χ1v) is 8.02. The minimum absolute atomic E-state index is 0.475. The number of benzene rings is 1.